The number of hydrogen-bond acceptors (Lipinski definition) is 2. The van der Waals surface area contributed by atoms with E-state index in [1.807, 2.05) is 0 Å². The van der Waals surface area contributed by atoms with Crippen molar-refractivity contribution >= 4 is 11.6 Å². The molecule has 1 rings (SSSR count). The standard InChI is InChI=1S/C6H4ClF2NO/c7-6(11)5-4(9)1-3(8)2-10-5/h1-2,6,11H. The van der Waals surface area contributed by atoms with Crippen molar-refractivity contribution in [2.24, 2.45) is 0 Å². The van der Waals surface area contributed by atoms with Crippen LogP contribution in [0, 0.1) is 11.6 Å². The summed E-state index contributed by atoms with van der Waals surface area (Å²) >= 11 is 5.09. The third-order valence-electron chi connectivity index (χ3n) is 1.06. The Labute approximate surface area is 66.4 Å². The minimum absolute atomic E-state index is 0.368. The number of pyridine rings is 1. The zero-order chi connectivity index (χ0) is 8.43. The summed E-state index contributed by atoms with van der Waals surface area (Å²) in [5.74, 6) is -1.75. The first kappa shape index (κ1) is 8.36. The molecule has 1 atom stereocenters. The van der Waals surface area contributed by atoms with Gasteiger partial charge in [-0.25, -0.2) is 8.78 Å². The van der Waals surface area contributed by atoms with Crippen LogP contribution in [0.3, 0.4) is 0 Å². The summed E-state index contributed by atoms with van der Waals surface area (Å²) in [6.45, 7) is 0. The molecule has 60 valence electrons. The molecular formula is C6H4ClF2NO. The molecule has 0 amide bonds. The Morgan fingerprint density at radius 3 is 2.64 bits per heavy atom. The Kier molecular flexibility index (Phi) is 2.36. The van der Waals surface area contributed by atoms with Crippen LogP contribution >= 0.6 is 11.6 Å². The maximum atomic E-state index is 12.6. The van der Waals surface area contributed by atoms with E-state index in [1.165, 1.54) is 0 Å². The molecule has 0 aliphatic heterocycles. The molecule has 0 saturated carbocycles. The average molecular weight is 180 g/mol. The second-order valence-corrected chi connectivity index (χ2v) is 2.27. The van der Waals surface area contributed by atoms with Crippen LogP contribution in [0.2, 0.25) is 0 Å². The Morgan fingerprint density at radius 2 is 2.18 bits per heavy atom. The van der Waals surface area contributed by atoms with Crippen LogP contribution in [0.5, 0.6) is 0 Å². The molecule has 2 nitrogen and oxygen atoms in total. The maximum absolute atomic E-state index is 12.6. The largest absolute Gasteiger partial charge is 0.372 e. The maximum Gasteiger partial charge on any atom is 0.173 e. The third-order valence-corrected chi connectivity index (χ3v) is 1.27. The molecule has 5 heteroatoms. The Balaban J connectivity index is 3.09. The van der Waals surface area contributed by atoms with Crippen LogP contribution in [0.1, 0.15) is 11.3 Å². The lowest BCUT2D eigenvalue weighted by Crippen LogP contribution is -1.98. The number of halogens is 3. The molecular weight excluding hydrogens is 176 g/mol. The van der Waals surface area contributed by atoms with Gasteiger partial charge in [0.25, 0.3) is 0 Å². The molecule has 1 aromatic heterocycles. The second-order valence-electron chi connectivity index (χ2n) is 1.86. The molecule has 1 aromatic rings. The van der Waals surface area contributed by atoms with Crippen molar-refractivity contribution in [1.82, 2.24) is 4.98 Å². The van der Waals surface area contributed by atoms with E-state index in [9.17, 15) is 8.78 Å². The Bertz CT molecular complexity index is 267. The monoisotopic (exact) mass is 179 g/mol. The van der Waals surface area contributed by atoms with E-state index in [0.717, 1.165) is 6.20 Å². The molecule has 0 radical (unpaired) electrons. The number of hydrogen-bond donors (Lipinski definition) is 1. The zero-order valence-electron chi connectivity index (χ0n) is 5.26. The summed E-state index contributed by atoms with van der Waals surface area (Å²) in [4.78, 5) is 3.25. The number of rotatable bonds is 1. The molecule has 1 unspecified atom stereocenters. The predicted octanol–water partition coefficient (Wildman–Crippen LogP) is 1.59. The van der Waals surface area contributed by atoms with E-state index < -0.39 is 17.2 Å². The molecule has 0 saturated heterocycles. The first-order valence-electron chi connectivity index (χ1n) is 2.74. The van der Waals surface area contributed by atoms with Gasteiger partial charge in [-0.15, -0.1) is 0 Å². The smallest absolute Gasteiger partial charge is 0.173 e. The van der Waals surface area contributed by atoms with Crippen LogP contribution in [-0.2, 0) is 0 Å². The molecule has 0 spiro atoms. The summed E-state index contributed by atoms with van der Waals surface area (Å²) in [6, 6.07) is 0.605. The van der Waals surface area contributed by atoms with E-state index in [1.54, 1.807) is 0 Å². The third kappa shape index (κ3) is 1.85. The number of aromatic nitrogens is 1. The molecule has 1 heterocycles. The first-order chi connectivity index (χ1) is 5.11. The highest BCUT2D eigenvalue weighted by atomic mass is 35.5. The van der Waals surface area contributed by atoms with Crippen LogP contribution in [0.25, 0.3) is 0 Å². The predicted molar refractivity (Wildman–Crippen MR) is 35.0 cm³/mol. The average Bonchev–Trinajstić information content (AvgIpc) is 1.85. The van der Waals surface area contributed by atoms with Crippen LogP contribution in [0.15, 0.2) is 12.3 Å². The van der Waals surface area contributed by atoms with Crippen LogP contribution < -0.4 is 0 Å². The van der Waals surface area contributed by atoms with Crippen molar-refractivity contribution in [3.8, 4) is 0 Å². The van der Waals surface area contributed by atoms with Crippen LogP contribution in [0.4, 0.5) is 8.78 Å². The van der Waals surface area contributed by atoms with Gasteiger partial charge in [-0.3, -0.25) is 4.98 Å². The Hall–Kier alpha value is -0.740. The summed E-state index contributed by atoms with van der Waals surface area (Å²) in [5, 5.41) is 8.64. The number of alkyl halides is 1. The Morgan fingerprint density at radius 1 is 1.55 bits per heavy atom. The lowest BCUT2D eigenvalue weighted by atomic mass is 10.3. The summed E-state index contributed by atoms with van der Waals surface area (Å²) in [5.41, 5.74) is -1.90. The highest BCUT2D eigenvalue weighted by Crippen LogP contribution is 2.17. The molecule has 0 fully saturated rings. The van der Waals surface area contributed by atoms with Crippen molar-refractivity contribution in [2.45, 2.75) is 5.56 Å². The molecule has 11 heavy (non-hydrogen) atoms. The van der Waals surface area contributed by atoms with Gasteiger partial charge >= 0.3 is 0 Å². The van der Waals surface area contributed by atoms with E-state index in [2.05, 4.69) is 4.98 Å². The lowest BCUT2D eigenvalue weighted by Gasteiger charge is -2.01. The van der Waals surface area contributed by atoms with Crippen LogP contribution in [-0.4, -0.2) is 10.1 Å². The SMILES string of the molecule is OC(Cl)c1ncc(F)cc1F. The van der Waals surface area contributed by atoms with Crippen molar-refractivity contribution in [2.75, 3.05) is 0 Å². The van der Waals surface area contributed by atoms with Crippen molar-refractivity contribution < 1.29 is 13.9 Å². The highest BCUT2D eigenvalue weighted by molar-refractivity contribution is 6.19. The van der Waals surface area contributed by atoms with Gasteiger partial charge in [-0.05, 0) is 0 Å². The first-order valence-corrected chi connectivity index (χ1v) is 3.18. The summed E-state index contributed by atoms with van der Waals surface area (Å²) in [6.07, 6.45) is 0.782. The number of aliphatic hydroxyl groups is 1. The van der Waals surface area contributed by atoms with Gasteiger partial charge in [-0.2, -0.15) is 0 Å². The van der Waals surface area contributed by atoms with E-state index in [4.69, 9.17) is 16.7 Å². The minimum Gasteiger partial charge on any atom is -0.372 e. The molecule has 0 aromatic carbocycles. The van der Waals surface area contributed by atoms with Crippen molar-refractivity contribution in [1.29, 1.82) is 0 Å². The van der Waals surface area contributed by atoms with Gasteiger partial charge in [0.05, 0.1) is 6.20 Å². The quantitative estimate of drug-likeness (QED) is 0.665. The van der Waals surface area contributed by atoms with Gasteiger partial charge in [-0.1, -0.05) is 11.6 Å². The van der Waals surface area contributed by atoms with E-state index >= 15 is 0 Å². The van der Waals surface area contributed by atoms with Gasteiger partial charge in [0.15, 0.2) is 11.4 Å². The second kappa shape index (κ2) is 3.11. The normalized spacial score (nSPS) is 13.1. The highest BCUT2D eigenvalue weighted by Gasteiger charge is 2.11. The fourth-order valence-corrected chi connectivity index (χ4v) is 0.761. The van der Waals surface area contributed by atoms with Gasteiger partial charge in [0, 0.05) is 6.07 Å². The van der Waals surface area contributed by atoms with E-state index in [0.29, 0.717) is 6.07 Å². The minimum atomic E-state index is -1.53. The molecule has 0 aliphatic rings. The summed E-state index contributed by atoms with van der Waals surface area (Å²) in [7, 11) is 0. The number of aliphatic hydroxyl groups excluding tert-OH is 1. The zero-order valence-corrected chi connectivity index (χ0v) is 6.02. The van der Waals surface area contributed by atoms with Gasteiger partial charge in [0.1, 0.15) is 11.5 Å². The topological polar surface area (TPSA) is 33.1 Å². The lowest BCUT2D eigenvalue weighted by molar-refractivity contribution is 0.251. The van der Waals surface area contributed by atoms with E-state index in [-0.39, 0.29) is 5.69 Å². The van der Waals surface area contributed by atoms with Crippen molar-refractivity contribution in [3.05, 3.63) is 29.6 Å². The van der Waals surface area contributed by atoms with Gasteiger partial charge < -0.3 is 5.11 Å². The molecule has 0 aliphatic carbocycles. The fourth-order valence-electron chi connectivity index (χ4n) is 0.600. The number of nitrogens with zero attached hydrogens (tertiary/aromatic N) is 1. The molecule has 0 bridgehead atoms. The fraction of sp³-hybridized carbons (Fsp3) is 0.167. The van der Waals surface area contributed by atoms with Gasteiger partial charge in [0.2, 0.25) is 0 Å². The van der Waals surface area contributed by atoms with Crippen molar-refractivity contribution in [3.63, 3.8) is 0 Å². The summed E-state index contributed by atoms with van der Waals surface area (Å²) < 4.78 is 24.7. The molecule has 1 N–H and O–H groups in total.